The summed E-state index contributed by atoms with van der Waals surface area (Å²) in [7, 11) is 0. The van der Waals surface area contributed by atoms with Gasteiger partial charge in [-0.2, -0.15) is 5.10 Å². The Morgan fingerprint density at radius 1 is 1.06 bits per heavy atom. The van der Waals surface area contributed by atoms with Crippen LogP contribution in [0.5, 0.6) is 0 Å². The second-order valence-corrected chi connectivity index (χ2v) is 8.39. The molecule has 4 rings (SSSR count). The van der Waals surface area contributed by atoms with Crippen LogP contribution in [0, 0.1) is 12.7 Å². The number of aryl methyl sites for hydroxylation is 1. The molecule has 1 aliphatic carbocycles. The van der Waals surface area contributed by atoms with Gasteiger partial charge in [-0.15, -0.1) is 0 Å². The van der Waals surface area contributed by atoms with E-state index in [4.69, 9.17) is 0 Å². The molecule has 8 nitrogen and oxygen atoms in total. The van der Waals surface area contributed by atoms with Crippen molar-refractivity contribution in [1.82, 2.24) is 15.1 Å². The lowest BCUT2D eigenvalue weighted by Gasteiger charge is -2.11. The van der Waals surface area contributed by atoms with Gasteiger partial charge >= 0.3 is 0 Å². The maximum Gasteiger partial charge on any atom is 0.258 e. The van der Waals surface area contributed by atoms with Gasteiger partial charge in [0.05, 0.1) is 17.4 Å². The molecule has 0 atom stereocenters. The Kier molecular flexibility index (Phi) is 7.01. The lowest BCUT2D eigenvalue weighted by atomic mass is 10.1. The molecule has 1 heterocycles. The summed E-state index contributed by atoms with van der Waals surface area (Å²) in [5.41, 5.74) is 1.79. The number of hydrogen-bond acceptors (Lipinski definition) is 4. The molecule has 0 saturated heterocycles. The van der Waals surface area contributed by atoms with Crippen LogP contribution in [0.4, 0.5) is 15.8 Å². The summed E-state index contributed by atoms with van der Waals surface area (Å²) >= 11 is 0. The molecule has 176 valence electrons. The van der Waals surface area contributed by atoms with Gasteiger partial charge in [0.25, 0.3) is 11.8 Å². The van der Waals surface area contributed by atoms with Gasteiger partial charge in [0, 0.05) is 23.5 Å². The Bertz CT molecular complexity index is 1220. The zero-order chi connectivity index (χ0) is 24.1. The maximum atomic E-state index is 13.9. The van der Waals surface area contributed by atoms with Gasteiger partial charge in [-0.3, -0.25) is 19.1 Å². The Hall–Kier alpha value is -4.01. The number of nitrogens with one attached hydrogen (secondary N) is 3. The predicted octanol–water partition coefficient (Wildman–Crippen LogP) is 3.89. The van der Waals surface area contributed by atoms with E-state index in [1.807, 2.05) is 0 Å². The van der Waals surface area contributed by atoms with Crippen molar-refractivity contribution in [2.24, 2.45) is 0 Å². The van der Waals surface area contributed by atoms with Crippen molar-refractivity contribution >= 4 is 29.1 Å². The van der Waals surface area contributed by atoms with Gasteiger partial charge in [-0.1, -0.05) is 31.0 Å². The number of aromatic nitrogens is 2. The summed E-state index contributed by atoms with van der Waals surface area (Å²) in [5.74, 6) is -1.74. The maximum absolute atomic E-state index is 13.9. The smallest absolute Gasteiger partial charge is 0.258 e. The largest absolute Gasteiger partial charge is 0.352 e. The topological polar surface area (TPSA) is 105 Å². The van der Waals surface area contributed by atoms with E-state index in [1.165, 1.54) is 35.1 Å². The first-order valence-corrected chi connectivity index (χ1v) is 11.2. The first-order chi connectivity index (χ1) is 16.4. The first-order valence-electron chi connectivity index (χ1n) is 11.2. The van der Waals surface area contributed by atoms with Crippen LogP contribution in [0.3, 0.4) is 0 Å². The van der Waals surface area contributed by atoms with Gasteiger partial charge in [-0.05, 0) is 49.6 Å². The highest BCUT2D eigenvalue weighted by atomic mass is 19.1. The molecule has 0 unspecified atom stereocenters. The van der Waals surface area contributed by atoms with Crippen molar-refractivity contribution in [3.05, 3.63) is 77.4 Å². The molecule has 2 aromatic carbocycles. The Labute approximate surface area is 196 Å². The number of nitrogens with zero attached hydrogens (tertiary/aromatic N) is 2. The molecule has 3 amide bonds. The zero-order valence-corrected chi connectivity index (χ0v) is 18.8. The number of benzene rings is 2. The number of halogens is 1. The highest BCUT2D eigenvalue weighted by Gasteiger charge is 2.18. The Balaban J connectivity index is 1.38. The van der Waals surface area contributed by atoms with Crippen molar-refractivity contribution in [3.63, 3.8) is 0 Å². The monoisotopic (exact) mass is 463 g/mol. The standard InChI is InChI=1S/C25H26FN5O3/c1-16-10-11-17(12-22(16)30-25(34)20-8-4-5-9-21(20)26)24(33)29-19-13-27-31(14-19)15-23(32)28-18-6-2-3-7-18/h4-5,8-14,18H,2-3,6-7,15H2,1H3,(H,28,32)(H,29,33)(H,30,34). The van der Waals surface area contributed by atoms with E-state index in [2.05, 4.69) is 21.0 Å². The van der Waals surface area contributed by atoms with E-state index >= 15 is 0 Å². The number of hydrogen-bond donors (Lipinski definition) is 3. The van der Waals surface area contributed by atoms with Gasteiger partial charge in [0.2, 0.25) is 5.91 Å². The van der Waals surface area contributed by atoms with Crippen LogP contribution >= 0.6 is 0 Å². The summed E-state index contributed by atoms with van der Waals surface area (Å²) in [6, 6.07) is 10.8. The molecule has 9 heteroatoms. The molecule has 1 saturated carbocycles. The van der Waals surface area contributed by atoms with Crippen LogP contribution < -0.4 is 16.0 Å². The highest BCUT2D eigenvalue weighted by molar-refractivity contribution is 6.07. The highest BCUT2D eigenvalue weighted by Crippen LogP contribution is 2.20. The van der Waals surface area contributed by atoms with Gasteiger partial charge in [-0.25, -0.2) is 4.39 Å². The number of anilines is 2. The van der Waals surface area contributed by atoms with Crippen molar-refractivity contribution in [2.75, 3.05) is 10.6 Å². The fourth-order valence-corrected chi connectivity index (χ4v) is 3.94. The van der Waals surface area contributed by atoms with Gasteiger partial charge < -0.3 is 16.0 Å². The van der Waals surface area contributed by atoms with Crippen LogP contribution in [0.25, 0.3) is 0 Å². The van der Waals surface area contributed by atoms with Gasteiger partial charge in [0.15, 0.2) is 0 Å². The second kappa shape index (κ2) is 10.3. The molecule has 0 spiro atoms. The van der Waals surface area contributed by atoms with Crippen molar-refractivity contribution in [2.45, 2.75) is 45.2 Å². The van der Waals surface area contributed by atoms with Crippen molar-refractivity contribution < 1.29 is 18.8 Å². The van der Waals surface area contributed by atoms with Crippen LogP contribution in [0.1, 0.15) is 52.0 Å². The lowest BCUT2D eigenvalue weighted by molar-refractivity contribution is -0.122. The minimum Gasteiger partial charge on any atom is -0.352 e. The third kappa shape index (κ3) is 5.67. The van der Waals surface area contributed by atoms with Crippen molar-refractivity contribution in [3.8, 4) is 0 Å². The zero-order valence-electron chi connectivity index (χ0n) is 18.8. The summed E-state index contributed by atoms with van der Waals surface area (Å²) in [4.78, 5) is 37.4. The fraction of sp³-hybridized carbons (Fsp3) is 0.280. The SMILES string of the molecule is Cc1ccc(C(=O)Nc2cnn(CC(=O)NC3CCCC3)c2)cc1NC(=O)c1ccccc1F. The van der Waals surface area contributed by atoms with Crippen LogP contribution in [-0.4, -0.2) is 33.5 Å². The molecule has 0 aliphatic heterocycles. The lowest BCUT2D eigenvalue weighted by Crippen LogP contribution is -2.35. The minimum absolute atomic E-state index is 0.0725. The van der Waals surface area contributed by atoms with Crippen LogP contribution in [0.2, 0.25) is 0 Å². The quantitative estimate of drug-likeness (QED) is 0.494. The molecule has 1 aliphatic rings. The molecule has 1 aromatic heterocycles. The first kappa shape index (κ1) is 23.2. The molecule has 3 N–H and O–H groups in total. The molecule has 0 radical (unpaired) electrons. The van der Waals surface area contributed by atoms with Crippen LogP contribution in [0.15, 0.2) is 54.9 Å². The third-order valence-electron chi connectivity index (χ3n) is 5.78. The van der Waals surface area contributed by atoms with E-state index in [0.717, 1.165) is 31.2 Å². The molecular formula is C25H26FN5O3. The Morgan fingerprint density at radius 2 is 1.82 bits per heavy atom. The second-order valence-electron chi connectivity index (χ2n) is 8.39. The number of carbonyl (C=O) groups excluding carboxylic acids is 3. The average molecular weight is 464 g/mol. The number of carbonyl (C=O) groups is 3. The molecule has 34 heavy (non-hydrogen) atoms. The third-order valence-corrected chi connectivity index (χ3v) is 5.78. The molecule has 0 bridgehead atoms. The molecule has 3 aromatic rings. The normalized spacial score (nSPS) is 13.5. The summed E-state index contributed by atoms with van der Waals surface area (Å²) in [6.07, 6.45) is 7.33. The average Bonchev–Trinajstić information content (AvgIpc) is 3.47. The molecular weight excluding hydrogens is 437 g/mol. The van der Waals surface area contributed by atoms with E-state index in [-0.39, 0.29) is 24.1 Å². The summed E-state index contributed by atoms with van der Waals surface area (Å²) in [6.45, 7) is 1.85. The minimum atomic E-state index is -0.625. The number of rotatable bonds is 7. The summed E-state index contributed by atoms with van der Waals surface area (Å²) < 4.78 is 15.4. The van der Waals surface area contributed by atoms with Crippen LogP contribution in [-0.2, 0) is 11.3 Å². The van der Waals surface area contributed by atoms with Crippen molar-refractivity contribution in [1.29, 1.82) is 0 Å². The number of amides is 3. The van der Waals surface area contributed by atoms with E-state index in [1.54, 1.807) is 31.3 Å². The summed E-state index contributed by atoms with van der Waals surface area (Å²) in [5, 5.41) is 12.5. The van der Waals surface area contributed by atoms with E-state index in [0.29, 0.717) is 16.9 Å². The van der Waals surface area contributed by atoms with E-state index < -0.39 is 17.6 Å². The molecule has 1 fully saturated rings. The van der Waals surface area contributed by atoms with E-state index in [9.17, 15) is 18.8 Å². The Morgan fingerprint density at radius 3 is 2.59 bits per heavy atom. The fourth-order valence-electron chi connectivity index (χ4n) is 3.94. The van der Waals surface area contributed by atoms with Gasteiger partial charge in [0.1, 0.15) is 12.4 Å². The predicted molar refractivity (Wildman–Crippen MR) is 126 cm³/mol.